The Labute approximate surface area is 138 Å². The summed E-state index contributed by atoms with van der Waals surface area (Å²) in [7, 11) is 0. The summed E-state index contributed by atoms with van der Waals surface area (Å²) >= 11 is 2.86. The quantitative estimate of drug-likeness (QED) is 0.775. The fraction of sp³-hybridized carbons (Fsp3) is 0.714. The van der Waals surface area contributed by atoms with Crippen molar-refractivity contribution in [3.8, 4) is 6.07 Å². The molecule has 2 aliphatic carbocycles. The van der Waals surface area contributed by atoms with Gasteiger partial charge in [0.1, 0.15) is 5.54 Å². The highest BCUT2D eigenvalue weighted by Gasteiger charge is 2.33. The molecule has 0 atom stereocenters. The average Bonchev–Trinajstić information content (AvgIpc) is 3.23. The molecule has 0 bridgehead atoms. The topological polar surface area (TPSA) is 90.7 Å². The van der Waals surface area contributed by atoms with Crippen LogP contribution in [0.1, 0.15) is 44.9 Å². The van der Waals surface area contributed by atoms with Crippen molar-refractivity contribution >= 4 is 34.1 Å². The maximum Gasteiger partial charge on any atom is 0.231 e. The number of nitrogens with one attached hydrogen (secondary N) is 2. The van der Waals surface area contributed by atoms with Crippen molar-refractivity contribution in [3.05, 3.63) is 0 Å². The van der Waals surface area contributed by atoms with Gasteiger partial charge in [0.2, 0.25) is 11.0 Å². The second-order valence-corrected chi connectivity index (χ2v) is 8.08. The minimum Gasteiger partial charge on any atom is -0.357 e. The molecule has 22 heavy (non-hydrogen) atoms. The molecule has 2 fully saturated rings. The number of nitrogens with zero attached hydrogens (tertiary/aromatic N) is 3. The summed E-state index contributed by atoms with van der Waals surface area (Å²) in [6.45, 7) is 0. The van der Waals surface area contributed by atoms with Crippen molar-refractivity contribution in [3.63, 3.8) is 0 Å². The highest BCUT2D eigenvalue weighted by atomic mass is 32.2. The SMILES string of the molecule is N#CC1(NC(=O)CSc2nnc(NC3CC3)s2)CCCCC1. The summed E-state index contributed by atoms with van der Waals surface area (Å²) < 4.78 is 0.785. The number of nitriles is 1. The molecule has 2 N–H and O–H groups in total. The first-order chi connectivity index (χ1) is 10.7. The molecule has 0 unspecified atom stereocenters. The Morgan fingerprint density at radius 3 is 2.82 bits per heavy atom. The third-order valence-corrected chi connectivity index (χ3v) is 5.93. The summed E-state index contributed by atoms with van der Waals surface area (Å²) in [5, 5.41) is 24.6. The van der Waals surface area contributed by atoms with E-state index in [1.165, 1.54) is 35.9 Å². The number of anilines is 1. The average molecular weight is 337 g/mol. The number of rotatable bonds is 6. The third kappa shape index (κ3) is 4.11. The van der Waals surface area contributed by atoms with Crippen LogP contribution in [0.4, 0.5) is 5.13 Å². The lowest BCUT2D eigenvalue weighted by atomic mass is 9.83. The number of thioether (sulfide) groups is 1. The first kappa shape index (κ1) is 15.6. The van der Waals surface area contributed by atoms with Crippen LogP contribution in [0.15, 0.2) is 4.34 Å². The molecular formula is C14H19N5OS2. The highest BCUT2D eigenvalue weighted by Crippen LogP contribution is 2.31. The minimum atomic E-state index is -0.657. The van der Waals surface area contributed by atoms with Crippen LogP contribution in [0.2, 0.25) is 0 Å². The Morgan fingerprint density at radius 1 is 1.36 bits per heavy atom. The molecular weight excluding hydrogens is 318 g/mol. The Kier molecular flexibility index (Phi) is 4.84. The van der Waals surface area contributed by atoms with E-state index >= 15 is 0 Å². The third-order valence-electron chi connectivity index (χ3n) is 3.94. The Hall–Kier alpha value is -1.33. The maximum atomic E-state index is 12.1. The van der Waals surface area contributed by atoms with Gasteiger partial charge in [0, 0.05) is 6.04 Å². The van der Waals surface area contributed by atoms with E-state index < -0.39 is 5.54 Å². The molecule has 1 aromatic heterocycles. The van der Waals surface area contributed by atoms with Gasteiger partial charge >= 0.3 is 0 Å². The van der Waals surface area contributed by atoms with Crippen LogP contribution in [0.25, 0.3) is 0 Å². The molecule has 1 heterocycles. The van der Waals surface area contributed by atoms with Gasteiger partial charge < -0.3 is 10.6 Å². The van der Waals surface area contributed by atoms with E-state index in [4.69, 9.17) is 0 Å². The molecule has 6 nitrogen and oxygen atoms in total. The van der Waals surface area contributed by atoms with E-state index in [0.717, 1.165) is 41.6 Å². The lowest BCUT2D eigenvalue weighted by Gasteiger charge is -2.31. The predicted molar refractivity (Wildman–Crippen MR) is 86.8 cm³/mol. The zero-order chi connectivity index (χ0) is 15.4. The van der Waals surface area contributed by atoms with E-state index in [2.05, 4.69) is 26.9 Å². The predicted octanol–water partition coefficient (Wildman–Crippen LogP) is 2.55. The van der Waals surface area contributed by atoms with Crippen LogP contribution in [0, 0.1) is 11.3 Å². The lowest BCUT2D eigenvalue weighted by molar-refractivity contribution is -0.120. The van der Waals surface area contributed by atoms with E-state index in [9.17, 15) is 10.1 Å². The van der Waals surface area contributed by atoms with Crippen molar-refractivity contribution < 1.29 is 4.79 Å². The highest BCUT2D eigenvalue weighted by molar-refractivity contribution is 8.01. The van der Waals surface area contributed by atoms with E-state index in [1.807, 2.05) is 0 Å². The van der Waals surface area contributed by atoms with Gasteiger partial charge in [-0.2, -0.15) is 5.26 Å². The molecule has 0 radical (unpaired) electrons. The molecule has 0 aliphatic heterocycles. The van der Waals surface area contributed by atoms with Crippen molar-refractivity contribution in [2.75, 3.05) is 11.1 Å². The van der Waals surface area contributed by atoms with Crippen LogP contribution in [-0.4, -0.2) is 33.4 Å². The maximum absolute atomic E-state index is 12.1. The minimum absolute atomic E-state index is 0.0969. The largest absolute Gasteiger partial charge is 0.357 e. The van der Waals surface area contributed by atoms with Crippen LogP contribution in [-0.2, 0) is 4.79 Å². The van der Waals surface area contributed by atoms with Gasteiger partial charge in [-0.1, -0.05) is 42.4 Å². The fourth-order valence-electron chi connectivity index (χ4n) is 2.58. The van der Waals surface area contributed by atoms with Crippen LogP contribution in [0.5, 0.6) is 0 Å². The number of aromatic nitrogens is 2. The molecule has 1 amide bonds. The number of carbonyl (C=O) groups excluding carboxylic acids is 1. The first-order valence-corrected chi connectivity index (χ1v) is 9.44. The van der Waals surface area contributed by atoms with Gasteiger partial charge in [0.25, 0.3) is 0 Å². The normalized spacial score (nSPS) is 20.1. The van der Waals surface area contributed by atoms with Crippen molar-refractivity contribution in [1.82, 2.24) is 15.5 Å². The zero-order valence-corrected chi connectivity index (χ0v) is 13.9. The summed E-state index contributed by atoms with van der Waals surface area (Å²) in [5.41, 5.74) is -0.657. The van der Waals surface area contributed by atoms with Crippen LogP contribution >= 0.6 is 23.1 Å². The lowest BCUT2D eigenvalue weighted by Crippen LogP contribution is -2.49. The molecule has 1 aromatic rings. The van der Waals surface area contributed by atoms with Gasteiger partial charge in [-0.05, 0) is 25.7 Å². The molecule has 118 valence electrons. The molecule has 8 heteroatoms. The fourth-order valence-corrected chi connectivity index (χ4v) is 4.21. The van der Waals surface area contributed by atoms with Crippen molar-refractivity contribution in [2.24, 2.45) is 0 Å². The van der Waals surface area contributed by atoms with Crippen molar-refractivity contribution in [1.29, 1.82) is 5.26 Å². The smallest absolute Gasteiger partial charge is 0.231 e. The summed E-state index contributed by atoms with van der Waals surface area (Å²) in [4.78, 5) is 12.1. The summed E-state index contributed by atoms with van der Waals surface area (Å²) in [5.74, 6) is 0.182. The number of hydrogen-bond acceptors (Lipinski definition) is 7. The Balaban J connectivity index is 1.47. The number of amides is 1. The van der Waals surface area contributed by atoms with Gasteiger partial charge in [-0.15, -0.1) is 10.2 Å². The molecule has 2 saturated carbocycles. The van der Waals surface area contributed by atoms with E-state index in [1.54, 1.807) is 0 Å². The van der Waals surface area contributed by atoms with Crippen LogP contribution < -0.4 is 10.6 Å². The molecule has 0 spiro atoms. The van der Waals surface area contributed by atoms with Crippen LogP contribution in [0.3, 0.4) is 0 Å². The second-order valence-electron chi connectivity index (χ2n) is 5.88. The van der Waals surface area contributed by atoms with Crippen molar-refractivity contribution in [2.45, 2.75) is 60.9 Å². The number of hydrogen-bond donors (Lipinski definition) is 2. The molecule has 0 aromatic carbocycles. The standard InChI is InChI=1S/C14H19N5OS2/c15-9-14(6-2-1-3-7-14)17-11(20)8-21-13-19-18-12(22-13)16-10-4-5-10/h10H,1-8H2,(H,16,18)(H,17,20). The first-order valence-electron chi connectivity index (χ1n) is 7.64. The molecule has 2 aliphatic rings. The van der Waals surface area contributed by atoms with Gasteiger partial charge in [-0.3, -0.25) is 4.79 Å². The van der Waals surface area contributed by atoms with E-state index in [0.29, 0.717) is 6.04 Å². The monoisotopic (exact) mass is 337 g/mol. The van der Waals surface area contributed by atoms with E-state index in [-0.39, 0.29) is 11.7 Å². The number of carbonyl (C=O) groups is 1. The van der Waals surface area contributed by atoms with Gasteiger partial charge in [0.15, 0.2) is 4.34 Å². The zero-order valence-electron chi connectivity index (χ0n) is 12.3. The summed E-state index contributed by atoms with van der Waals surface area (Å²) in [6, 6.07) is 2.85. The molecule has 3 rings (SSSR count). The summed E-state index contributed by atoms with van der Waals surface area (Å²) in [6.07, 6.45) is 7.07. The Bertz CT molecular complexity index is 572. The molecule has 0 saturated heterocycles. The van der Waals surface area contributed by atoms with Gasteiger partial charge in [0.05, 0.1) is 11.8 Å². The second kappa shape index (κ2) is 6.84. The van der Waals surface area contributed by atoms with Gasteiger partial charge in [-0.25, -0.2) is 0 Å². The Morgan fingerprint density at radius 2 is 2.14 bits per heavy atom.